The van der Waals surface area contributed by atoms with E-state index in [9.17, 15) is 14.0 Å². The van der Waals surface area contributed by atoms with Crippen LogP contribution in [0.3, 0.4) is 0 Å². The van der Waals surface area contributed by atoms with E-state index in [1.54, 1.807) is 23.5 Å². The molecule has 2 aromatic heterocycles. The van der Waals surface area contributed by atoms with Gasteiger partial charge >= 0.3 is 0 Å². The summed E-state index contributed by atoms with van der Waals surface area (Å²) in [6, 6.07) is 4.25. The molecular formula is C24H24ClFN6O2S. The van der Waals surface area contributed by atoms with Gasteiger partial charge in [0.2, 0.25) is 0 Å². The molecule has 2 amide bonds. The van der Waals surface area contributed by atoms with Crippen LogP contribution in [-0.2, 0) is 0 Å². The number of carbonyl (C=O) groups excluding carboxylic acids is 2. The number of piperidine rings is 1. The molecule has 0 N–H and O–H groups in total. The van der Waals surface area contributed by atoms with Crippen LogP contribution in [0.4, 0.5) is 10.2 Å². The number of piperazine rings is 1. The van der Waals surface area contributed by atoms with Crippen LogP contribution in [0.1, 0.15) is 44.6 Å². The number of rotatable bonds is 4. The second-order valence-electron chi connectivity index (χ2n) is 8.58. The molecule has 0 atom stereocenters. The number of halogens is 2. The Morgan fingerprint density at radius 2 is 1.74 bits per heavy atom. The van der Waals surface area contributed by atoms with Crippen LogP contribution in [0.25, 0.3) is 0 Å². The third-order valence-electron chi connectivity index (χ3n) is 6.49. The minimum Gasteiger partial charge on any atom is -0.352 e. The largest absolute Gasteiger partial charge is 0.352 e. The Morgan fingerprint density at radius 1 is 1.00 bits per heavy atom. The topological polar surface area (TPSA) is 82.5 Å². The van der Waals surface area contributed by atoms with Gasteiger partial charge in [-0.3, -0.25) is 14.6 Å². The fourth-order valence-electron chi connectivity index (χ4n) is 4.52. The molecule has 1 aromatic carbocycles. The summed E-state index contributed by atoms with van der Waals surface area (Å²) in [4.78, 5) is 44.5. The molecule has 2 aliphatic heterocycles. The predicted octanol–water partition coefficient (Wildman–Crippen LogP) is 3.71. The van der Waals surface area contributed by atoms with Gasteiger partial charge in [-0.05, 0) is 25.0 Å². The number of nitrogens with zero attached hydrogens (tertiary/aromatic N) is 6. The molecular weight excluding hydrogens is 491 g/mol. The standard InChI is InChI=1S/C24H24ClFN6O2S/c25-17-2-1-3-18(26)21(17)24(34)31-8-4-16(5-9-31)22-29-19(15-35-22)23(33)32-12-10-30(11-13-32)20-14-27-6-7-28-20/h1-3,6-7,14-16H,4-5,8-13H2. The molecule has 182 valence electrons. The lowest BCUT2D eigenvalue weighted by molar-refractivity contribution is 0.0708. The van der Waals surface area contributed by atoms with Crippen molar-refractivity contribution in [2.45, 2.75) is 18.8 Å². The average Bonchev–Trinajstić information content (AvgIpc) is 3.39. The van der Waals surface area contributed by atoms with Crippen LogP contribution in [0, 0.1) is 5.82 Å². The maximum Gasteiger partial charge on any atom is 0.273 e. The van der Waals surface area contributed by atoms with Gasteiger partial charge in [0.05, 0.1) is 21.8 Å². The lowest BCUT2D eigenvalue weighted by Crippen LogP contribution is -2.49. The first-order valence-electron chi connectivity index (χ1n) is 11.5. The summed E-state index contributed by atoms with van der Waals surface area (Å²) in [5, 5.41) is 2.85. The van der Waals surface area contributed by atoms with Crippen LogP contribution >= 0.6 is 22.9 Å². The lowest BCUT2D eigenvalue weighted by Gasteiger charge is -2.34. The molecule has 0 bridgehead atoms. The van der Waals surface area contributed by atoms with Crippen molar-refractivity contribution >= 4 is 40.6 Å². The molecule has 2 aliphatic rings. The zero-order valence-electron chi connectivity index (χ0n) is 18.9. The van der Waals surface area contributed by atoms with Crippen molar-refractivity contribution in [1.29, 1.82) is 0 Å². The Hall–Kier alpha value is -3.11. The van der Waals surface area contributed by atoms with Gasteiger partial charge in [-0.2, -0.15) is 0 Å². The molecule has 0 spiro atoms. The van der Waals surface area contributed by atoms with Gasteiger partial charge in [0.15, 0.2) is 0 Å². The highest BCUT2D eigenvalue weighted by Gasteiger charge is 2.30. The molecule has 35 heavy (non-hydrogen) atoms. The fourth-order valence-corrected chi connectivity index (χ4v) is 5.73. The van der Waals surface area contributed by atoms with E-state index < -0.39 is 5.82 Å². The predicted molar refractivity (Wildman–Crippen MR) is 132 cm³/mol. The number of hydrogen-bond donors (Lipinski definition) is 0. The van der Waals surface area contributed by atoms with E-state index >= 15 is 0 Å². The Bertz CT molecular complexity index is 1190. The van der Waals surface area contributed by atoms with Crippen LogP contribution in [0.5, 0.6) is 0 Å². The summed E-state index contributed by atoms with van der Waals surface area (Å²) in [6.45, 7) is 3.56. The summed E-state index contributed by atoms with van der Waals surface area (Å²) in [7, 11) is 0. The van der Waals surface area contributed by atoms with Crippen molar-refractivity contribution in [2.75, 3.05) is 44.2 Å². The summed E-state index contributed by atoms with van der Waals surface area (Å²) in [6.07, 6.45) is 6.45. The number of amides is 2. The van der Waals surface area contributed by atoms with Gasteiger partial charge in [-0.1, -0.05) is 17.7 Å². The quantitative estimate of drug-likeness (QED) is 0.528. The second kappa shape index (κ2) is 10.2. The first kappa shape index (κ1) is 23.6. The number of thiazole rings is 1. The highest BCUT2D eigenvalue weighted by atomic mass is 35.5. The number of carbonyl (C=O) groups is 2. The normalized spacial score (nSPS) is 17.0. The Labute approximate surface area is 211 Å². The molecule has 4 heterocycles. The Kier molecular flexibility index (Phi) is 6.92. The smallest absolute Gasteiger partial charge is 0.273 e. The molecule has 0 saturated carbocycles. The van der Waals surface area contributed by atoms with Gasteiger partial charge in [-0.15, -0.1) is 11.3 Å². The minimum absolute atomic E-state index is 0.0619. The second-order valence-corrected chi connectivity index (χ2v) is 9.87. The van der Waals surface area contributed by atoms with E-state index in [1.165, 1.54) is 29.5 Å². The van der Waals surface area contributed by atoms with Gasteiger partial charge in [0, 0.05) is 63.0 Å². The van der Waals surface area contributed by atoms with E-state index in [-0.39, 0.29) is 28.3 Å². The van der Waals surface area contributed by atoms with E-state index in [1.807, 2.05) is 10.3 Å². The number of aromatic nitrogens is 3. The first-order valence-corrected chi connectivity index (χ1v) is 12.8. The molecule has 11 heteroatoms. The van der Waals surface area contributed by atoms with Crippen LogP contribution < -0.4 is 4.90 Å². The summed E-state index contributed by atoms with van der Waals surface area (Å²) < 4.78 is 14.2. The average molecular weight is 515 g/mol. The van der Waals surface area contributed by atoms with Crippen LogP contribution in [0.2, 0.25) is 5.02 Å². The summed E-state index contributed by atoms with van der Waals surface area (Å²) in [5.41, 5.74) is 0.392. The van der Waals surface area contributed by atoms with E-state index in [0.29, 0.717) is 57.8 Å². The molecule has 8 nitrogen and oxygen atoms in total. The third-order valence-corrected chi connectivity index (χ3v) is 7.81. The fraction of sp³-hybridized carbons (Fsp3) is 0.375. The summed E-state index contributed by atoms with van der Waals surface area (Å²) >= 11 is 7.55. The zero-order chi connectivity index (χ0) is 24.4. The SMILES string of the molecule is O=C(c1csc(C2CCN(C(=O)c3c(F)cccc3Cl)CC2)n1)N1CCN(c2cnccn2)CC1. The molecule has 3 aromatic rings. The van der Waals surface area contributed by atoms with E-state index in [4.69, 9.17) is 11.6 Å². The van der Waals surface area contributed by atoms with E-state index in [2.05, 4.69) is 19.9 Å². The van der Waals surface area contributed by atoms with Gasteiger partial charge in [0.1, 0.15) is 17.3 Å². The molecule has 2 fully saturated rings. The molecule has 0 radical (unpaired) electrons. The highest BCUT2D eigenvalue weighted by Crippen LogP contribution is 2.32. The molecule has 2 saturated heterocycles. The van der Waals surface area contributed by atoms with Gasteiger partial charge in [-0.25, -0.2) is 14.4 Å². The number of hydrogen-bond acceptors (Lipinski definition) is 7. The molecule has 0 unspecified atom stereocenters. The van der Waals surface area contributed by atoms with Crippen LogP contribution in [0.15, 0.2) is 42.2 Å². The molecule has 5 rings (SSSR count). The van der Waals surface area contributed by atoms with Gasteiger partial charge < -0.3 is 14.7 Å². The molecule has 0 aliphatic carbocycles. The zero-order valence-corrected chi connectivity index (χ0v) is 20.5. The van der Waals surface area contributed by atoms with Gasteiger partial charge in [0.25, 0.3) is 11.8 Å². The van der Waals surface area contributed by atoms with Crippen molar-refractivity contribution in [3.8, 4) is 0 Å². The number of anilines is 1. The minimum atomic E-state index is -0.606. The third kappa shape index (κ3) is 4.99. The van der Waals surface area contributed by atoms with Crippen molar-refractivity contribution in [2.24, 2.45) is 0 Å². The lowest BCUT2D eigenvalue weighted by atomic mass is 9.97. The van der Waals surface area contributed by atoms with Crippen molar-refractivity contribution in [3.05, 3.63) is 69.3 Å². The van der Waals surface area contributed by atoms with Crippen molar-refractivity contribution in [1.82, 2.24) is 24.8 Å². The maximum atomic E-state index is 14.2. The summed E-state index contributed by atoms with van der Waals surface area (Å²) in [5.74, 6) is -0.0756. The van der Waals surface area contributed by atoms with Crippen LogP contribution in [-0.4, -0.2) is 75.8 Å². The Morgan fingerprint density at radius 3 is 2.43 bits per heavy atom. The highest BCUT2D eigenvalue weighted by molar-refractivity contribution is 7.09. The first-order chi connectivity index (χ1) is 17.0. The monoisotopic (exact) mass is 514 g/mol. The number of benzene rings is 1. The number of likely N-dealkylation sites (tertiary alicyclic amines) is 1. The van der Waals surface area contributed by atoms with Crippen molar-refractivity contribution < 1.29 is 14.0 Å². The maximum absolute atomic E-state index is 14.2. The Balaban J connectivity index is 1.16. The van der Waals surface area contributed by atoms with E-state index in [0.717, 1.165) is 10.8 Å². The van der Waals surface area contributed by atoms with Crippen molar-refractivity contribution in [3.63, 3.8) is 0 Å².